The van der Waals surface area contributed by atoms with E-state index in [4.69, 9.17) is 0 Å². The summed E-state index contributed by atoms with van der Waals surface area (Å²) >= 11 is 0. The average Bonchev–Trinajstić information content (AvgIpc) is 3.73. The van der Waals surface area contributed by atoms with Gasteiger partial charge in [0.25, 0.3) is 0 Å². The third-order valence-electron chi connectivity index (χ3n) is 7.57. The summed E-state index contributed by atoms with van der Waals surface area (Å²) in [6.45, 7) is 0.815. The largest absolute Gasteiger partial charge is 0.347 e. The third kappa shape index (κ3) is 4.22. The minimum absolute atomic E-state index is 0.0377. The molecule has 35 heavy (non-hydrogen) atoms. The summed E-state index contributed by atoms with van der Waals surface area (Å²) in [6, 6.07) is 13.3. The van der Waals surface area contributed by atoms with Crippen molar-refractivity contribution in [1.29, 1.82) is 0 Å². The van der Waals surface area contributed by atoms with Crippen molar-refractivity contribution in [3.63, 3.8) is 0 Å². The predicted molar refractivity (Wildman–Crippen MR) is 124 cm³/mol. The quantitative estimate of drug-likeness (QED) is 0.560. The van der Waals surface area contributed by atoms with Crippen LogP contribution in [0.1, 0.15) is 42.0 Å². The van der Waals surface area contributed by atoms with Gasteiger partial charge in [-0.2, -0.15) is 0 Å². The van der Waals surface area contributed by atoms with E-state index < -0.39 is 17.7 Å². The molecule has 0 spiro atoms. The van der Waals surface area contributed by atoms with Crippen LogP contribution in [0.15, 0.2) is 61.1 Å². The van der Waals surface area contributed by atoms with Crippen LogP contribution in [0, 0.1) is 23.5 Å². The van der Waals surface area contributed by atoms with Gasteiger partial charge in [-0.25, -0.2) is 13.8 Å². The maximum atomic E-state index is 13.8. The summed E-state index contributed by atoms with van der Waals surface area (Å²) in [5.74, 6) is -1.94. The molecule has 1 aliphatic heterocycles. The molecule has 2 aliphatic carbocycles. The lowest BCUT2D eigenvalue weighted by Gasteiger charge is -2.32. The van der Waals surface area contributed by atoms with Crippen molar-refractivity contribution in [2.45, 2.75) is 50.4 Å². The summed E-state index contributed by atoms with van der Waals surface area (Å²) in [6.07, 6.45) is 5.49. The number of fused-ring (bicyclic) bond motifs is 1. The molecule has 2 amide bonds. The molecule has 8 heteroatoms. The number of carbonyl (C=O) groups excluding carboxylic acids is 2. The van der Waals surface area contributed by atoms with Crippen molar-refractivity contribution in [2.24, 2.45) is 11.8 Å². The topological polar surface area (TPSA) is 69.3 Å². The summed E-state index contributed by atoms with van der Waals surface area (Å²) in [5.41, 5.74) is 2.49. The lowest BCUT2D eigenvalue weighted by molar-refractivity contribution is -0.146. The van der Waals surface area contributed by atoms with Gasteiger partial charge < -0.3 is 14.8 Å². The number of hydrogen-bond donors (Lipinski definition) is 1. The highest BCUT2D eigenvalue weighted by Gasteiger charge is 2.60. The fourth-order valence-electron chi connectivity index (χ4n) is 5.57. The van der Waals surface area contributed by atoms with Crippen molar-refractivity contribution in [3.05, 3.63) is 89.5 Å². The highest BCUT2D eigenvalue weighted by Crippen LogP contribution is 2.54. The zero-order valence-electron chi connectivity index (χ0n) is 19.1. The summed E-state index contributed by atoms with van der Waals surface area (Å²) in [7, 11) is 0. The van der Waals surface area contributed by atoms with Gasteiger partial charge >= 0.3 is 0 Å². The fourth-order valence-corrected chi connectivity index (χ4v) is 5.57. The van der Waals surface area contributed by atoms with Crippen LogP contribution >= 0.6 is 0 Å². The van der Waals surface area contributed by atoms with E-state index in [1.807, 2.05) is 35.2 Å². The molecular weight excluding hydrogens is 450 g/mol. The number of nitrogens with one attached hydrogen (secondary N) is 1. The molecule has 2 heterocycles. The number of amides is 2. The van der Waals surface area contributed by atoms with Crippen LogP contribution in [-0.4, -0.2) is 43.7 Å². The van der Waals surface area contributed by atoms with Crippen molar-refractivity contribution in [1.82, 2.24) is 19.8 Å². The van der Waals surface area contributed by atoms with Crippen LogP contribution in [0.25, 0.3) is 0 Å². The Bertz CT molecular complexity index is 1250. The van der Waals surface area contributed by atoms with Gasteiger partial charge in [0.05, 0.1) is 18.6 Å². The maximum Gasteiger partial charge on any atom is 0.246 e. The number of H-pyrrole nitrogens is 1. The zero-order valence-corrected chi connectivity index (χ0v) is 19.1. The molecule has 2 aromatic carbocycles. The number of aromatic nitrogens is 2. The van der Waals surface area contributed by atoms with Crippen molar-refractivity contribution in [2.75, 3.05) is 0 Å². The Morgan fingerprint density at radius 3 is 2.60 bits per heavy atom. The number of likely N-dealkylation sites (tertiary alicyclic amines) is 1. The van der Waals surface area contributed by atoms with Gasteiger partial charge in [-0.05, 0) is 54.4 Å². The number of halogens is 2. The number of rotatable bonds is 7. The van der Waals surface area contributed by atoms with E-state index in [-0.39, 0.29) is 29.7 Å². The fraction of sp³-hybridized carbons (Fsp3) is 0.370. The second kappa shape index (κ2) is 8.59. The second-order valence-corrected chi connectivity index (χ2v) is 9.94. The molecule has 0 bridgehead atoms. The first-order chi connectivity index (χ1) is 17.0. The van der Waals surface area contributed by atoms with E-state index in [0.717, 1.165) is 23.7 Å². The van der Waals surface area contributed by atoms with Crippen molar-refractivity contribution in [3.8, 4) is 0 Å². The first-order valence-corrected chi connectivity index (χ1v) is 12.1. The SMILES string of the molecule is O=C([C@@H]1C[C@@H]2C[C@@H]2N1C(=O)C1CC1c1ccc(F)c(F)c1)N(Cc1ccccc1)Cc1cnc[nH]1. The number of nitrogens with zero attached hydrogens (tertiary/aromatic N) is 3. The van der Waals surface area contributed by atoms with Crippen LogP contribution in [0.2, 0.25) is 0 Å². The molecule has 1 saturated heterocycles. The van der Waals surface area contributed by atoms with Crippen molar-refractivity contribution < 1.29 is 18.4 Å². The maximum absolute atomic E-state index is 13.8. The van der Waals surface area contributed by atoms with Crippen LogP contribution in [0.5, 0.6) is 0 Å². The Labute approximate surface area is 202 Å². The Morgan fingerprint density at radius 1 is 1.03 bits per heavy atom. The minimum atomic E-state index is -0.896. The molecule has 180 valence electrons. The number of imidazole rings is 1. The van der Waals surface area contributed by atoms with Crippen molar-refractivity contribution >= 4 is 11.8 Å². The zero-order chi connectivity index (χ0) is 24.1. The van der Waals surface area contributed by atoms with Gasteiger partial charge in [-0.1, -0.05) is 36.4 Å². The normalized spacial score (nSPS) is 26.3. The van der Waals surface area contributed by atoms with Gasteiger partial charge in [0, 0.05) is 24.7 Å². The highest BCUT2D eigenvalue weighted by atomic mass is 19.2. The van der Waals surface area contributed by atoms with Gasteiger partial charge in [0.15, 0.2) is 11.6 Å². The lowest BCUT2D eigenvalue weighted by Crippen LogP contribution is -2.49. The van der Waals surface area contributed by atoms with Crippen LogP contribution in [-0.2, 0) is 22.7 Å². The molecule has 1 aromatic heterocycles. The number of carbonyl (C=O) groups is 2. The van der Waals surface area contributed by atoms with Gasteiger partial charge in [0.1, 0.15) is 6.04 Å². The monoisotopic (exact) mass is 476 g/mol. The predicted octanol–water partition coefficient (Wildman–Crippen LogP) is 4.01. The number of benzene rings is 2. The molecular formula is C27H26F2N4O2. The Balaban J connectivity index is 1.21. The van der Waals surface area contributed by atoms with Gasteiger partial charge in [-0.15, -0.1) is 0 Å². The second-order valence-electron chi connectivity index (χ2n) is 9.94. The van der Waals surface area contributed by atoms with Crippen LogP contribution < -0.4 is 0 Å². The molecule has 5 atom stereocenters. The molecule has 1 N–H and O–H groups in total. The Hall–Kier alpha value is -3.55. The minimum Gasteiger partial charge on any atom is -0.347 e. The molecule has 3 fully saturated rings. The van der Waals surface area contributed by atoms with E-state index in [1.165, 1.54) is 6.07 Å². The highest BCUT2D eigenvalue weighted by molar-refractivity contribution is 5.91. The molecule has 2 unspecified atom stereocenters. The van der Waals surface area contributed by atoms with E-state index in [9.17, 15) is 18.4 Å². The van der Waals surface area contributed by atoms with E-state index >= 15 is 0 Å². The average molecular weight is 477 g/mol. The molecule has 6 nitrogen and oxygen atoms in total. The van der Waals surface area contributed by atoms with Gasteiger partial charge in [0.2, 0.25) is 11.8 Å². The number of piperidine rings is 1. The lowest BCUT2D eigenvalue weighted by atomic mass is 10.1. The molecule has 2 saturated carbocycles. The summed E-state index contributed by atoms with van der Waals surface area (Å²) in [4.78, 5) is 38.1. The number of aromatic amines is 1. The van der Waals surface area contributed by atoms with E-state index in [2.05, 4.69) is 9.97 Å². The number of hydrogen-bond acceptors (Lipinski definition) is 3. The first-order valence-electron chi connectivity index (χ1n) is 12.1. The Morgan fingerprint density at radius 2 is 1.86 bits per heavy atom. The molecule has 3 aliphatic rings. The van der Waals surface area contributed by atoms with Gasteiger partial charge in [-0.3, -0.25) is 9.59 Å². The summed E-state index contributed by atoms with van der Waals surface area (Å²) < 4.78 is 27.1. The molecule has 0 radical (unpaired) electrons. The smallest absolute Gasteiger partial charge is 0.246 e. The standard InChI is InChI=1S/C27H26F2N4O2/c28-22-7-6-17(8-23(22)29)20-11-21(20)26(34)33-24-9-18(24)10-25(33)27(35)32(14-19-12-30-15-31-19)13-16-4-2-1-3-5-16/h1-8,12,15,18,20-21,24-25H,9-11,13-14H2,(H,30,31)/t18-,20?,21?,24-,25-/m0/s1. The molecule has 6 rings (SSSR count). The third-order valence-corrected chi connectivity index (χ3v) is 7.57. The van der Waals surface area contributed by atoms with Crippen LogP contribution in [0.3, 0.4) is 0 Å². The van der Waals surface area contributed by atoms with Crippen LogP contribution in [0.4, 0.5) is 8.78 Å². The first kappa shape index (κ1) is 21.9. The molecule has 3 aromatic rings. The summed E-state index contributed by atoms with van der Waals surface area (Å²) in [5, 5.41) is 0. The van der Waals surface area contributed by atoms with E-state index in [0.29, 0.717) is 37.4 Å². The van der Waals surface area contributed by atoms with E-state index in [1.54, 1.807) is 23.5 Å². The Kier molecular flexibility index (Phi) is 5.39.